The van der Waals surface area contributed by atoms with Gasteiger partial charge in [-0.05, 0) is 13.8 Å². The number of H-pyrrole nitrogens is 1. The molecule has 0 bridgehead atoms. The normalized spacial score (nSPS) is 20.7. The topological polar surface area (TPSA) is 84.2 Å². The van der Waals surface area contributed by atoms with Crippen LogP contribution in [-0.2, 0) is 17.7 Å². The molecule has 0 saturated carbocycles. The van der Waals surface area contributed by atoms with Crippen LogP contribution in [0.15, 0.2) is 10.7 Å². The number of aryl methyl sites for hydroxylation is 1. The van der Waals surface area contributed by atoms with Crippen molar-refractivity contribution in [3.63, 3.8) is 0 Å². The fourth-order valence-corrected chi connectivity index (χ4v) is 2.83. The van der Waals surface area contributed by atoms with Gasteiger partial charge in [-0.15, -0.1) is 0 Å². The van der Waals surface area contributed by atoms with Crippen LogP contribution < -0.4 is 0 Å². The summed E-state index contributed by atoms with van der Waals surface area (Å²) in [6.45, 7) is 6.13. The number of carbonyl (C=O) groups excluding carboxylic acids is 1. The second-order valence-corrected chi connectivity index (χ2v) is 5.78. The van der Waals surface area contributed by atoms with Crippen LogP contribution in [0.25, 0.3) is 0 Å². The molecule has 1 N–H and O–H groups in total. The molecule has 0 saturated heterocycles. The lowest BCUT2D eigenvalue weighted by atomic mass is 9.99. The van der Waals surface area contributed by atoms with E-state index in [-0.39, 0.29) is 18.1 Å². The van der Waals surface area contributed by atoms with Crippen molar-refractivity contribution in [1.29, 1.82) is 0 Å². The minimum atomic E-state index is -0.126. The van der Waals surface area contributed by atoms with E-state index in [4.69, 9.17) is 9.15 Å². The Hall–Kier alpha value is -2.15. The van der Waals surface area contributed by atoms with Crippen LogP contribution in [0.2, 0.25) is 0 Å². The van der Waals surface area contributed by atoms with Gasteiger partial charge in [0, 0.05) is 26.0 Å². The van der Waals surface area contributed by atoms with Gasteiger partial charge in [0.05, 0.1) is 30.1 Å². The molecule has 0 aliphatic carbocycles. The Morgan fingerprint density at radius 3 is 2.95 bits per heavy atom. The molecule has 1 aliphatic rings. The highest BCUT2D eigenvalue weighted by atomic mass is 16.5. The number of hydrogen-bond donors (Lipinski definition) is 1. The summed E-state index contributed by atoms with van der Waals surface area (Å²) in [7, 11) is 1.74. The summed E-state index contributed by atoms with van der Waals surface area (Å²) in [4.78, 5) is 18.5. The van der Waals surface area contributed by atoms with Gasteiger partial charge in [-0.25, -0.2) is 4.98 Å². The predicted molar refractivity (Wildman–Crippen MR) is 78.3 cm³/mol. The van der Waals surface area contributed by atoms with Crippen LogP contribution in [-0.4, -0.2) is 39.1 Å². The van der Waals surface area contributed by atoms with Crippen LogP contribution in [0, 0.1) is 6.92 Å². The molecule has 22 heavy (non-hydrogen) atoms. The van der Waals surface area contributed by atoms with Gasteiger partial charge in [-0.1, -0.05) is 0 Å². The van der Waals surface area contributed by atoms with Crippen molar-refractivity contribution in [1.82, 2.24) is 20.1 Å². The van der Waals surface area contributed by atoms with E-state index in [1.54, 1.807) is 25.1 Å². The third kappa shape index (κ3) is 2.64. The molecule has 0 radical (unpaired) electrons. The van der Waals surface area contributed by atoms with Crippen molar-refractivity contribution >= 4 is 5.91 Å². The van der Waals surface area contributed by atoms with Crippen molar-refractivity contribution in [2.24, 2.45) is 0 Å². The summed E-state index contributed by atoms with van der Waals surface area (Å²) in [5.41, 5.74) is 3.05. The summed E-state index contributed by atoms with van der Waals surface area (Å²) < 4.78 is 10.9. The largest absolute Gasteiger partial charge is 0.449 e. The minimum Gasteiger partial charge on any atom is -0.449 e. The fourth-order valence-electron chi connectivity index (χ4n) is 2.83. The van der Waals surface area contributed by atoms with Crippen molar-refractivity contribution < 1.29 is 13.9 Å². The second-order valence-electron chi connectivity index (χ2n) is 5.78. The molecule has 1 amide bonds. The molecule has 7 heteroatoms. The third-order valence-corrected chi connectivity index (χ3v) is 3.85. The standard InChI is InChI=1S/C15H20N4O3/c1-8-5-12-13(9(2)22-8)17-18-14(12)15(20)19(4)6-11-7-21-10(3)16-11/h7-9H,5-6H2,1-4H3,(H,17,18)/t8-,9+/m1/s1. The highest BCUT2D eigenvalue weighted by Gasteiger charge is 2.30. The maximum Gasteiger partial charge on any atom is 0.274 e. The summed E-state index contributed by atoms with van der Waals surface area (Å²) >= 11 is 0. The van der Waals surface area contributed by atoms with Crippen molar-refractivity contribution in [2.45, 2.75) is 45.9 Å². The molecule has 3 heterocycles. The maximum absolute atomic E-state index is 12.6. The lowest BCUT2D eigenvalue weighted by Gasteiger charge is -2.25. The quantitative estimate of drug-likeness (QED) is 0.937. The van der Waals surface area contributed by atoms with E-state index in [0.29, 0.717) is 24.6 Å². The zero-order chi connectivity index (χ0) is 15.9. The first-order chi connectivity index (χ1) is 10.5. The van der Waals surface area contributed by atoms with Gasteiger partial charge in [-0.3, -0.25) is 9.89 Å². The highest BCUT2D eigenvalue weighted by Crippen LogP contribution is 2.30. The number of hydrogen-bond acceptors (Lipinski definition) is 5. The second kappa shape index (κ2) is 5.57. The number of carbonyl (C=O) groups is 1. The number of amides is 1. The van der Waals surface area contributed by atoms with Gasteiger partial charge in [-0.2, -0.15) is 5.10 Å². The van der Waals surface area contributed by atoms with E-state index in [1.807, 2.05) is 13.8 Å². The molecular formula is C15H20N4O3. The third-order valence-electron chi connectivity index (χ3n) is 3.85. The van der Waals surface area contributed by atoms with Gasteiger partial charge in [0.1, 0.15) is 6.26 Å². The smallest absolute Gasteiger partial charge is 0.274 e. The zero-order valence-electron chi connectivity index (χ0n) is 13.2. The number of nitrogens with zero attached hydrogens (tertiary/aromatic N) is 3. The SMILES string of the molecule is Cc1nc(CN(C)C(=O)c2n[nH]c3c2C[C@@H](C)O[C@H]3C)co1. The van der Waals surface area contributed by atoms with Crippen molar-refractivity contribution in [3.05, 3.63) is 34.8 Å². The summed E-state index contributed by atoms with van der Waals surface area (Å²) in [6, 6.07) is 0. The number of nitrogens with one attached hydrogen (secondary N) is 1. The molecule has 2 aromatic rings. The number of ether oxygens (including phenoxy) is 1. The molecule has 0 aromatic carbocycles. The zero-order valence-corrected chi connectivity index (χ0v) is 13.2. The van der Waals surface area contributed by atoms with Crippen molar-refractivity contribution in [3.8, 4) is 0 Å². The highest BCUT2D eigenvalue weighted by molar-refractivity contribution is 5.93. The molecule has 0 unspecified atom stereocenters. The minimum absolute atomic E-state index is 0.0729. The lowest BCUT2D eigenvalue weighted by molar-refractivity contribution is -0.00701. The molecule has 118 valence electrons. The van der Waals surface area contributed by atoms with Crippen LogP contribution in [0.4, 0.5) is 0 Å². The first kappa shape index (κ1) is 14.8. The van der Waals surface area contributed by atoms with Crippen LogP contribution >= 0.6 is 0 Å². The Bertz CT molecular complexity index is 691. The number of aromatic amines is 1. The van der Waals surface area contributed by atoms with Gasteiger partial charge < -0.3 is 14.1 Å². The molecule has 0 fully saturated rings. The summed E-state index contributed by atoms with van der Waals surface area (Å²) in [6.07, 6.45) is 2.26. The van der Waals surface area contributed by atoms with Gasteiger partial charge in [0.15, 0.2) is 11.6 Å². The molecule has 1 aliphatic heterocycles. The molecular weight excluding hydrogens is 284 g/mol. The summed E-state index contributed by atoms with van der Waals surface area (Å²) in [5, 5.41) is 7.15. The predicted octanol–water partition coefficient (Wildman–Crippen LogP) is 2.00. The Morgan fingerprint density at radius 2 is 2.27 bits per heavy atom. The fraction of sp³-hybridized carbons (Fsp3) is 0.533. The van der Waals surface area contributed by atoms with Crippen LogP contribution in [0.1, 0.15) is 53.3 Å². The number of rotatable bonds is 3. The Balaban J connectivity index is 1.80. The van der Waals surface area contributed by atoms with Crippen molar-refractivity contribution in [2.75, 3.05) is 7.05 Å². The van der Waals surface area contributed by atoms with Gasteiger partial charge >= 0.3 is 0 Å². The molecule has 2 aromatic heterocycles. The average molecular weight is 304 g/mol. The van der Waals surface area contributed by atoms with E-state index >= 15 is 0 Å². The molecule has 3 rings (SSSR count). The van der Waals surface area contributed by atoms with Gasteiger partial charge in [0.2, 0.25) is 0 Å². The van der Waals surface area contributed by atoms with E-state index in [9.17, 15) is 4.79 Å². The Kier molecular flexibility index (Phi) is 3.74. The Morgan fingerprint density at radius 1 is 1.50 bits per heavy atom. The number of aromatic nitrogens is 3. The van der Waals surface area contributed by atoms with E-state index in [1.165, 1.54) is 0 Å². The average Bonchev–Trinajstić information content (AvgIpc) is 3.04. The molecule has 7 nitrogen and oxygen atoms in total. The first-order valence-electron chi connectivity index (χ1n) is 7.34. The summed E-state index contributed by atoms with van der Waals surface area (Å²) in [5.74, 6) is 0.465. The monoisotopic (exact) mass is 304 g/mol. The number of oxazole rings is 1. The number of fused-ring (bicyclic) bond motifs is 1. The maximum atomic E-state index is 12.6. The van der Waals surface area contributed by atoms with E-state index < -0.39 is 0 Å². The molecule has 2 atom stereocenters. The van der Waals surface area contributed by atoms with E-state index in [0.717, 1.165) is 17.0 Å². The molecule has 0 spiro atoms. The Labute approximate surface area is 128 Å². The van der Waals surface area contributed by atoms with Gasteiger partial charge in [0.25, 0.3) is 5.91 Å². The lowest BCUT2D eigenvalue weighted by Crippen LogP contribution is -2.29. The van der Waals surface area contributed by atoms with E-state index in [2.05, 4.69) is 15.2 Å². The van der Waals surface area contributed by atoms with Crippen LogP contribution in [0.5, 0.6) is 0 Å². The van der Waals surface area contributed by atoms with Crippen LogP contribution in [0.3, 0.4) is 0 Å². The first-order valence-corrected chi connectivity index (χ1v) is 7.34.